The van der Waals surface area contributed by atoms with Crippen molar-refractivity contribution in [2.75, 3.05) is 26.4 Å². The van der Waals surface area contributed by atoms with Gasteiger partial charge in [0.25, 0.3) is 0 Å². The van der Waals surface area contributed by atoms with E-state index in [1.54, 1.807) is 0 Å². The molecule has 0 radical (unpaired) electrons. The number of rotatable bonds is 11. The Morgan fingerprint density at radius 2 is 1.53 bits per heavy atom. The molecule has 260 valence electrons. The molecule has 0 aromatic carbocycles. The summed E-state index contributed by atoms with van der Waals surface area (Å²) in [5.74, 6) is -1.27. The largest absolute Gasteiger partial charge is 1.00 e. The zero-order valence-corrected chi connectivity index (χ0v) is 28.0. The Balaban J connectivity index is 0.00000156. The first-order chi connectivity index (χ1) is 20.5. The van der Waals surface area contributed by atoms with Gasteiger partial charge >= 0.3 is 29.6 Å². The standard InChI is InChI=1S/C24H43N2O13.Na.H2O4S/c1-10-19(32)21(34)20(33)15(36-10)6-12-18(26-11(2)29)24(35-5-3-4-25)38-17(9-28)22(12)39-23-14(31)7-13(30)16(8-27)37-23;;1-5(2,3)4/h7,10,12-24,27-28,30-34H,3-6,8-9,25H2,1-2H3,(H,26,29);;(H2,1,2,3,4)/q-1;+1;/p-1/t10?,12-,13-,14?,15+,16?,17?,18?,19-,20?,21+,22+,23+,24-;;/m1../s1. The van der Waals surface area contributed by atoms with Gasteiger partial charge in [0, 0.05) is 12.8 Å². The van der Waals surface area contributed by atoms with Crippen molar-refractivity contribution in [2.45, 2.75) is 106 Å². The first-order valence-electron chi connectivity index (χ1n) is 13.9. The maximum absolute atomic E-state index is 12.2. The molecule has 1 amide bonds. The Bertz CT molecular complexity index is 977. The summed E-state index contributed by atoms with van der Waals surface area (Å²) in [6, 6.07) is -0.924. The van der Waals surface area contributed by atoms with Gasteiger partial charge in [-0.05, 0) is 38.5 Å². The van der Waals surface area contributed by atoms with Gasteiger partial charge in [0.2, 0.25) is 16.3 Å². The summed E-state index contributed by atoms with van der Waals surface area (Å²) in [7, 11) is -4.92. The molecule has 0 spiro atoms. The monoisotopic (exact) mass is 687 g/mol. The molecule has 3 rings (SSSR count). The fourth-order valence-corrected chi connectivity index (χ4v) is 5.24. The summed E-state index contributed by atoms with van der Waals surface area (Å²) in [5, 5.41) is 74.3. The molecular weight excluding hydrogens is 643 g/mol. The van der Waals surface area contributed by atoms with E-state index in [-0.39, 0.29) is 42.6 Å². The zero-order valence-electron chi connectivity index (χ0n) is 25.1. The van der Waals surface area contributed by atoms with E-state index in [1.165, 1.54) is 13.8 Å². The third-order valence-electron chi connectivity index (χ3n) is 7.32. The molecule has 3 aliphatic heterocycles. The fourth-order valence-electron chi connectivity index (χ4n) is 5.24. The molecule has 11 N–H and O–H groups in total. The molecule has 0 saturated carbocycles. The van der Waals surface area contributed by atoms with Gasteiger partial charge < -0.3 is 75.0 Å². The summed E-state index contributed by atoms with van der Waals surface area (Å²) in [6.45, 7) is 2.19. The number of ether oxygens (including phenoxy) is 5. The second kappa shape index (κ2) is 19.7. The molecule has 0 aromatic rings. The van der Waals surface area contributed by atoms with Crippen LogP contribution in [-0.4, -0.2) is 165 Å². The van der Waals surface area contributed by atoms with Crippen LogP contribution in [0.4, 0.5) is 0 Å². The minimum absolute atomic E-state index is 0. The zero-order chi connectivity index (χ0) is 33.4. The molecule has 21 heteroatoms. The van der Waals surface area contributed by atoms with Gasteiger partial charge in [-0.25, -0.2) is 8.42 Å². The van der Waals surface area contributed by atoms with Gasteiger partial charge in [-0.15, -0.1) is 0 Å². The number of nitrogens with two attached hydrogens (primary N) is 1. The Morgan fingerprint density at radius 1 is 0.956 bits per heavy atom. The Kier molecular flexibility index (Phi) is 18.8. The van der Waals surface area contributed by atoms with Crippen molar-refractivity contribution < 1.29 is 111 Å². The second-order valence-corrected chi connectivity index (χ2v) is 11.5. The van der Waals surface area contributed by atoms with Crippen LogP contribution in [0.5, 0.6) is 0 Å². The first-order valence-corrected chi connectivity index (χ1v) is 15.2. The number of carbonyl (C=O) groups is 1. The average Bonchev–Trinajstić information content (AvgIpc) is 2.93. The summed E-state index contributed by atoms with van der Waals surface area (Å²) in [5.41, 5.74) is 5.57. The van der Waals surface area contributed by atoms with E-state index in [0.717, 1.165) is 6.42 Å². The quantitative estimate of drug-likeness (QED) is 0.0317. The molecule has 3 fully saturated rings. The minimum Gasteiger partial charge on any atom is -0.726 e. The predicted octanol–water partition coefficient (Wildman–Crippen LogP) is -8.51. The molecular formula is C24H44N2NaO17S-. The van der Waals surface area contributed by atoms with Crippen molar-refractivity contribution in [3.63, 3.8) is 0 Å². The van der Waals surface area contributed by atoms with E-state index in [0.29, 0.717) is 13.0 Å². The summed E-state index contributed by atoms with van der Waals surface area (Å²) < 4.78 is 62.1. The molecule has 14 atom stereocenters. The van der Waals surface area contributed by atoms with Crippen molar-refractivity contribution in [3.05, 3.63) is 6.42 Å². The van der Waals surface area contributed by atoms with Crippen molar-refractivity contribution >= 4 is 16.3 Å². The van der Waals surface area contributed by atoms with E-state index in [2.05, 4.69) is 5.32 Å². The Labute approximate surface area is 282 Å². The minimum atomic E-state index is -4.92. The first kappa shape index (κ1) is 42.8. The number of aliphatic hydroxyl groups is 7. The molecule has 0 bridgehead atoms. The number of nitrogens with one attached hydrogen (secondary N) is 1. The van der Waals surface area contributed by atoms with Crippen LogP contribution < -0.4 is 40.6 Å². The third kappa shape index (κ3) is 13.0. The van der Waals surface area contributed by atoms with Gasteiger partial charge in [-0.1, -0.05) is 0 Å². The van der Waals surface area contributed by atoms with Gasteiger partial charge in [0.1, 0.15) is 24.4 Å². The van der Waals surface area contributed by atoms with E-state index in [4.69, 9.17) is 46.9 Å². The molecule has 0 aromatic heterocycles. The van der Waals surface area contributed by atoms with Crippen molar-refractivity contribution in [1.82, 2.24) is 5.32 Å². The van der Waals surface area contributed by atoms with Crippen molar-refractivity contribution in [3.8, 4) is 0 Å². The van der Waals surface area contributed by atoms with Crippen LogP contribution in [0.25, 0.3) is 0 Å². The Hall–Kier alpha value is -0.180. The molecule has 3 aliphatic rings. The summed E-state index contributed by atoms with van der Waals surface area (Å²) in [4.78, 5) is 12.2. The average molecular weight is 688 g/mol. The van der Waals surface area contributed by atoms with Gasteiger partial charge in [-0.3, -0.25) is 15.8 Å². The van der Waals surface area contributed by atoms with Crippen molar-refractivity contribution in [2.24, 2.45) is 11.7 Å². The predicted molar refractivity (Wildman–Crippen MR) is 143 cm³/mol. The van der Waals surface area contributed by atoms with Crippen LogP contribution in [0, 0.1) is 12.3 Å². The number of aliphatic hydroxyl groups excluding tert-OH is 7. The number of carbonyl (C=O) groups excluding carboxylic acids is 1. The third-order valence-corrected chi connectivity index (χ3v) is 7.32. The summed E-state index contributed by atoms with van der Waals surface area (Å²) >= 11 is 0. The van der Waals surface area contributed by atoms with Crippen LogP contribution in [0.3, 0.4) is 0 Å². The molecule has 45 heavy (non-hydrogen) atoms. The van der Waals surface area contributed by atoms with E-state index in [9.17, 15) is 40.5 Å². The van der Waals surface area contributed by atoms with Gasteiger partial charge in [-0.2, -0.15) is 0 Å². The number of hydrogen-bond acceptors (Lipinski definition) is 17. The molecule has 0 aliphatic carbocycles. The van der Waals surface area contributed by atoms with Crippen LogP contribution in [0.1, 0.15) is 26.7 Å². The van der Waals surface area contributed by atoms with E-state index < -0.39 is 115 Å². The number of amides is 1. The smallest absolute Gasteiger partial charge is 0.726 e. The molecule has 3 heterocycles. The molecule has 3 saturated heterocycles. The van der Waals surface area contributed by atoms with E-state index >= 15 is 0 Å². The van der Waals surface area contributed by atoms with Crippen LogP contribution in [-0.2, 0) is 38.9 Å². The topological polar surface area (TPSA) is 320 Å². The maximum Gasteiger partial charge on any atom is 1.00 e. The normalized spacial score (nSPS) is 40.4. The number of hydrogen-bond donors (Lipinski definition) is 10. The molecule has 19 nitrogen and oxygen atoms in total. The van der Waals surface area contributed by atoms with Gasteiger partial charge in [0.15, 0.2) is 12.6 Å². The van der Waals surface area contributed by atoms with Crippen molar-refractivity contribution in [1.29, 1.82) is 0 Å². The van der Waals surface area contributed by atoms with Crippen LogP contribution in [0.2, 0.25) is 0 Å². The van der Waals surface area contributed by atoms with Crippen LogP contribution >= 0.6 is 0 Å². The van der Waals surface area contributed by atoms with E-state index in [1.807, 2.05) is 0 Å². The fraction of sp³-hybridized carbons (Fsp3) is 0.917. The molecule has 6 unspecified atom stereocenters. The van der Waals surface area contributed by atoms with Gasteiger partial charge in [0.05, 0.1) is 50.3 Å². The second-order valence-electron chi connectivity index (χ2n) is 10.6. The Morgan fingerprint density at radius 3 is 2.07 bits per heavy atom. The van der Waals surface area contributed by atoms with Crippen LogP contribution in [0.15, 0.2) is 0 Å². The SMILES string of the molecule is CC(=O)NC1[C@H](OCCCN)OC(CO)[C@@H](O[C@@H]2OC(CO)[C@H](O)[CH-]C2O)[C@@H]1C[C@@H]1OC(C)[C@@H](O)[C@H](O)C1O.O=S(=O)([O-])O.[Na+]. The maximum atomic E-state index is 12.2. The summed E-state index contributed by atoms with van der Waals surface area (Å²) in [6.07, 6.45) is -13.1.